The van der Waals surface area contributed by atoms with Crippen molar-refractivity contribution < 1.29 is 9.90 Å². The van der Waals surface area contributed by atoms with Crippen molar-refractivity contribution in [1.29, 1.82) is 0 Å². The first-order chi connectivity index (χ1) is 8.98. The molecule has 0 bridgehead atoms. The maximum Gasteiger partial charge on any atom is 0.408 e. The lowest BCUT2D eigenvalue weighted by atomic mass is 9.69. The van der Waals surface area contributed by atoms with Gasteiger partial charge in [-0.3, -0.25) is 4.90 Å². The highest BCUT2D eigenvalue weighted by Crippen LogP contribution is 2.54. The molecule has 0 aromatic rings. The minimum absolute atomic E-state index is 0.201. The molecule has 1 fully saturated rings. The first-order valence-corrected chi connectivity index (χ1v) is 7.02. The van der Waals surface area contributed by atoms with E-state index in [1.54, 1.807) is 4.90 Å². The van der Waals surface area contributed by atoms with Crippen LogP contribution in [-0.4, -0.2) is 33.7 Å². The van der Waals surface area contributed by atoms with E-state index in [4.69, 9.17) is 5.53 Å². The Hall–Kier alpha value is -1.42. The molecule has 1 saturated carbocycles. The molecule has 6 nitrogen and oxygen atoms in total. The molecule has 1 N–H and O–H groups in total. The van der Waals surface area contributed by atoms with Gasteiger partial charge in [-0.2, -0.15) is 0 Å². The van der Waals surface area contributed by atoms with E-state index >= 15 is 0 Å². The predicted octanol–water partition coefficient (Wildman–Crippen LogP) is 4.27. The molecule has 1 amide bonds. The number of azide groups is 1. The fourth-order valence-electron chi connectivity index (χ4n) is 3.67. The van der Waals surface area contributed by atoms with E-state index in [1.807, 2.05) is 27.7 Å². The van der Waals surface area contributed by atoms with Crippen LogP contribution in [0.3, 0.4) is 0 Å². The topological polar surface area (TPSA) is 89.3 Å². The van der Waals surface area contributed by atoms with Crippen LogP contribution < -0.4 is 0 Å². The smallest absolute Gasteiger partial charge is 0.408 e. The standard InChI is InChI=1S/C14H26N4O2/c1-12(2,3)18(11(19)20)14(6)8-7-10(9-16-17-15)13(14,4)5/h10H,7-9H2,1-6H3,(H,19,20)/t10-,14-/m1/s1. The lowest BCUT2D eigenvalue weighted by Gasteiger charge is -2.53. The molecule has 0 heterocycles. The number of carboxylic acid groups (broad SMARTS) is 1. The van der Waals surface area contributed by atoms with Crippen LogP contribution in [0.1, 0.15) is 54.4 Å². The first-order valence-electron chi connectivity index (χ1n) is 7.02. The highest BCUT2D eigenvalue weighted by Gasteiger charge is 2.57. The number of rotatable bonds is 3. The summed E-state index contributed by atoms with van der Waals surface area (Å²) in [4.78, 5) is 16.2. The second-order valence-electron chi connectivity index (χ2n) is 7.43. The Kier molecular flexibility index (Phi) is 4.30. The number of amides is 1. The summed E-state index contributed by atoms with van der Waals surface area (Å²) in [7, 11) is 0. The van der Waals surface area contributed by atoms with Gasteiger partial charge in [0.05, 0.1) is 0 Å². The van der Waals surface area contributed by atoms with E-state index in [0.717, 1.165) is 12.8 Å². The summed E-state index contributed by atoms with van der Waals surface area (Å²) in [6.45, 7) is 12.4. The Bertz CT molecular complexity index is 435. The van der Waals surface area contributed by atoms with Crippen LogP contribution in [0.5, 0.6) is 0 Å². The van der Waals surface area contributed by atoms with Crippen LogP contribution >= 0.6 is 0 Å². The molecule has 0 unspecified atom stereocenters. The van der Waals surface area contributed by atoms with Crippen LogP contribution in [0, 0.1) is 11.3 Å². The average molecular weight is 282 g/mol. The van der Waals surface area contributed by atoms with Crippen LogP contribution in [0.2, 0.25) is 0 Å². The highest BCUT2D eigenvalue weighted by molar-refractivity contribution is 5.67. The van der Waals surface area contributed by atoms with Crippen molar-refractivity contribution in [3.63, 3.8) is 0 Å². The van der Waals surface area contributed by atoms with Gasteiger partial charge >= 0.3 is 6.09 Å². The third kappa shape index (κ3) is 2.57. The van der Waals surface area contributed by atoms with Gasteiger partial charge < -0.3 is 5.11 Å². The molecule has 2 atom stereocenters. The Morgan fingerprint density at radius 3 is 2.40 bits per heavy atom. The maximum absolute atomic E-state index is 11.8. The zero-order valence-corrected chi connectivity index (χ0v) is 13.3. The molecule has 0 aromatic carbocycles. The lowest BCUT2D eigenvalue weighted by Crippen LogP contribution is -2.63. The molecule has 0 radical (unpaired) electrons. The summed E-state index contributed by atoms with van der Waals surface area (Å²) in [5.41, 5.74) is 7.33. The molecule has 20 heavy (non-hydrogen) atoms. The number of carbonyl (C=O) groups is 1. The predicted molar refractivity (Wildman–Crippen MR) is 78.5 cm³/mol. The third-order valence-electron chi connectivity index (χ3n) is 5.11. The Balaban J connectivity index is 3.21. The number of nitrogens with zero attached hydrogens (tertiary/aromatic N) is 4. The molecule has 0 aliphatic heterocycles. The van der Waals surface area contributed by atoms with E-state index < -0.39 is 17.2 Å². The van der Waals surface area contributed by atoms with Gasteiger partial charge in [-0.05, 0) is 57.4 Å². The summed E-state index contributed by atoms with van der Waals surface area (Å²) in [6, 6.07) is 0. The molecular weight excluding hydrogens is 256 g/mol. The lowest BCUT2D eigenvalue weighted by molar-refractivity contribution is -0.0348. The van der Waals surface area contributed by atoms with Gasteiger partial charge in [-0.25, -0.2) is 4.79 Å². The molecule has 1 aliphatic carbocycles. The van der Waals surface area contributed by atoms with Gasteiger partial charge in [0.1, 0.15) is 0 Å². The Morgan fingerprint density at radius 1 is 1.45 bits per heavy atom. The van der Waals surface area contributed by atoms with E-state index in [1.165, 1.54) is 0 Å². The van der Waals surface area contributed by atoms with Crippen molar-refractivity contribution in [2.24, 2.45) is 16.4 Å². The van der Waals surface area contributed by atoms with Gasteiger partial charge in [0.25, 0.3) is 0 Å². The second-order valence-corrected chi connectivity index (χ2v) is 7.43. The van der Waals surface area contributed by atoms with Crippen molar-refractivity contribution in [2.75, 3.05) is 6.54 Å². The van der Waals surface area contributed by atoms with Crippen molar-refractivity contribution in [3.8, 4) is 0 Å². The minimum Gasteiger partial charge on any atom is -0.465 e. The van der Waals surface area contributed by atoms with Crippen LogP contribution in [0.25, 0.3) is 10.4 Å². The maximum atomic E-state index is 11.8. The fourth-order valence-corrected chi connectivity index (χ4v) is 3.67. The molecule has 114 valence electrons. The third-order valence-corrected chi connectivity index (χ3v) is 5.11. The number of hydrogen-bond donors (Lipinski definition) is 1. The van der Waals surface area contributed by atoms with Crippen LogP contribution in [-0.2, 0) is 0 Å². The zero-order valence-electron chi connectivity index (χ0n) is 13.3. The minimum atomic E-state index is -0.891. The van der Waals surface area contributed by atoms with Crippen molar-refractivity contribution in [3.05, 3.63) is 10.4 Å². The largest absolute Gasteiger partial charge is 0.465 e. The van der Waals surface area contributed by atoms with E-state index in [9.17, 15) is 9.90 Å². The van der Waals surface area contributed by atoms with Gasteiger partial charge in [-0.1, -0.05) is 19.0 Å². The monoisotopic (exact) mass is 282 g/mol. The Labute approximate surface area is 120 Å². The summed E-state index contributed by atoms with van der Waals surface area (Å²) in [5.74, 6) is 0.201. The van der Waals surface area contributed by atoms with Crippen molar-refractivity contribution >= 4 is 6.09 Å². The summed E-state index contributed by atoms with van der Waals surface area (Å²) < 4.78 is 0. The summed E-state index contributed by atoms with van der Waals surface area (Å²) >= 11 is 0. The van der Waals surface area contributed by atoms with E-state index in [2.05, 4.69) is 23.9 Å². The SMILES string of the molecule is CC(C)(C)N(C(=O)O)[C@]1(C)CC[C@H](CN=[N+]=[N-])C1(C)C. The second kappa shape index (κ2) is 5.17. The molecule has 0 saturated heterocycles. The zero-order chi connectivity index (χ0) is 15.8. The van der Waals surface area contributed by atoms with Gasteiger partial charge in [-0.15, -0.1) is 0 Å². The van der Waals surface area contributed by atoms with Crippen LogP contribution in [0.4, 0.5) is 4.79 Å². The Morgan fingerprint density at radius 2 is 2.00 bits per heavy atom. The molecule has 6 heteroatoms. The fraction of sp³-hybridized carbons (Fsp3) is 0.929. The van der Waals surface area contributed by atoms with E-state index in [-0.39, 0.29) is 11.3 Å². The van der Waals surface area contributed by atoms with Crippen molar-refractivity contribution in [2.45, 2.75) is 65.5 Å². The summed E-state index contributed by atoms with van der Waals surface area (Å²) in [6.07, 6.45) is 0.773. The molecular formula is C14H26N4O2. The van der Waals surface area contributed by atoms with Crippen molar-refractivity contribution in [1.82, 2.24) is 4.90 Å². The van der Waals surface area contributed by atoms with Crippen LogP contribution in [0.15, 0.2) is 5.11 Å². The summed E-state index contributed by atoms with van der Waals surface area (Å²) in [5, 5.41) is 13.4. The molecule has 1 aliphatic rings. The molecule has 0 spiro atoms. The van der Waals surface area contributed by atoms with Gasteiger partial charge in [0, 0.05) is 22.5 Å². The number of hydrogen-bond acceptors (Lipinski definition) is 2. The van der Waals surface area contributed by atoms with Gasteiger partial charge in [0.15, 0.2) is 0 Å². The van der Waals surface area contributed by atoms with Gasteiger partial charge in [0.2, 0.25) is 0 Å². The normalized spacial score (nSPS) is 28.8. The highest BCUT2D eigenvalue weighted by atomic mass is 16.4. The molecule has 0 aromatic heterocycles. The average Bonchev–Trinajstić information content (AvgIpc) is 2.46. The first kappa shape index (κ1) is 16.6. The quantitative estimate of drug-likeness (QED) is 0.476. The van der Waals surface area contributed by atoms with E-state index in [0.29, 0.717) is 6.54 Å². The molecule has 1 rings (SSSR count).